The molecule has 1 rings (SSSR count). The van der Waals surface area contributed by atoms with Crippen LogP contribution < -0.4 is 16.2 Å². The molecule has 5 heteroatoms. The third-order valence-electron chi connectivity index (χ3n) is 1.26. The van der Waals surface area contributed by atoms with Gasteiger partial charge in [-0.2, -0.15) is 4.98 Å². The summed E-state index contributed by atoms with van der Waals surface area (Å²) < 4.78 is 5.19. The van der Waals surface area contributed by atoms with Gasteiger partial charge in [0, 0.05) is 6.20 Å². The van der Waals surface area contributed by atoms with Gasteiger partial charge in [-0.1, -0.05) is 0 Å². The number of rotatable bonds is 4. The lowest BCUT2D eigenvalue weighted by Gasteiger charge is -2.02. The molecule has 0 bridgehead atoms. The van der Waals surface area contributed by atoms with E-state index in [0.29, 0.717) is 18.9 Å². The van der Waals surface area contributed by atoms with Gasteiger partial charge in [0.25, 0.3) is 0 Å². The van der Waals surface area contributed by atoms with Crippen LogP contribution in [0.2, 0.25) is 0 Å². The number of hydrogen-bond donors (Lipinski definition) is 2. The first-order chi connectivity index (χ1) is 5.83. The second kappa shape index (κ2) is 4.50. The van der Waals surface area contributed by atoms with Crippen LogP contribution in [-0.4, -0.2) is 23.1 Å². The minimum Gasteiger partial charge on any atom is -0.490 e. The first-order valence-electron chi connectivity index (χ1n) is 3.70. The normalized spacial score (nSPS) is 9.75. The first-order valence-corrected chi connectivity index (χ1v) is 3.70. The maximum Gasteiger partial charge on any atom is 0.345 e. The summed E-state index contributed by atoms with van der Waals surface area (Å²) >= 11 is 0. The Hall–Kier alpha value is -1.36. The fourth-order valence-corrected chi connectivity index (χ4v) is 0.682. The molecular weight excluding hydrogens is 158 g/mol. The number of aromatic amines is 1. The quantitative estimate of drug-likeness (QED) is 0.595. The Morgan fingerprint density at radius 1 is 1.67 bits per heavy atom. The summed E-state index contributed by atoms with van der Waals surface area (Å²) in [4.78, 5) is 16.4. The molecule has 1 aromatic rings. The van der Waals surface area contributed by atoms with Crippen molar-refractivity contribution in [2.45, 2.75) is 6.42 Å². The number of ether oxygens (including phenoxy) is 1. The van der Waals surface area contributed by atoms with Crippen LogP contribution >= 0.6 is 0 Å². The number of H-pyrrole nitrogens is 1. The molecule has 0 unspecified atom stereocenters. The zero-order valence-electron chi connectivity index (χ0n) is 6.62. The van der Waals surface area contributed by atoms with Crippen molar-refractivity contribution in [1.82, 2.24) is 9.97 Å². The van der Waals surface area contributed by atoms with Crippen molar-refractivity contribution < 1.29 is 4.74 Å². The van der Waals surface area contributed by atoms with Crippen molar-refractivity contribution in [3.05, 3.63) is 22.9 Å². The second-order valence-electron chi connectivity index (χ2n) is 2.25. The summed E-state index contributed by atoms with van der Waals surface area (Å²) in [7, 11) is 0. The maximum atomic E-state index is 10.5. The molecule has 0 amide bonds. The van der Waals surface area contributed by atoms with Gasteiger partial charge in [-0.3, -0.25) is 0 Å². The van der Waals surface area contributed by atoms with E-state index in [2.05, 4.69) is 9.97 Å². The largest absolute Gasteiger partial charge is 0.490 e. The summed E-state index contributed by atoms with van der Waals surface area (Å²) in [6.45, 7) is 1.14. The molecule has 1 heterocycles. The van der Waals surface area contributed by atoms with E-state index in [1.54, 1.807) is 0 Å². The van der Waals surface area contributed by atoms with Crippen LogP contribution in [0.5, 0.6) is 5.75 Å². The van der Waals surface area contributed by atoms with E-state index in [9.17, 15) is 4.79 Å². The highest BCUT2D eigenvalue weighted by molar-refractivity contribution is 5.09. The SMILES string of the molecule is NCCCOc1cnc(=O)[nH]c1. The Kier molecular flexibility index (Phi) is 3.28. The van der Waals surface area contributed by atoms with Crippen molar-refractivity contribution in [3.8, 4) is 5.75 Å². The number of nitrogens with zero attached hydrogens (tertiary/aromatic N) is 1. The zero-order chi connectivity index (χ0) is 8.81. The van der Waals surface area contributed by atoms with Gasteiger partial charge >= 0.3 is 5.69 Å². The Bertz CT molecular complexity index is 264. The first kappa shape index (κ1) is 8.73. The summed E-state index contributed by atoms with van der Waals surface area (Å²) in [5, 5.41) is 0. The Labute approximate surface area is 69.6 Å². The lowest BCUT2D eigenvalue weighted by Crippen LogP contribution is -2.10. The van der Waals surface area contributed by atoms with Crippen molar-refractivity contribution >= 4 is 0 Å². The highest BCUT2D eigenvalue weighted by Crippen LogP contribution is 2.02. The second-order valence-corrected chi connectivity index (χ2v) is 2.25. The van der Waals surface area contributed by atoms with Crippen molar-refractivity contribution in [3.63, 3.8) is 0 Å². The van der Waals surface area contributed by atoms with E-state index in [-0.39, 0.29) is 5.69 Å². The van der Waals surface area contributed by atoms with E-state index >= 15 is 0 Å². The lowest BCUT2D eigenvalue weighted by molar-refractivity contribution is 0.310. The van der Waals surface area contributed by atoms with Crippen LogP contribution in [0.3, 0.4) is 0 Å². The zero-order valence-corrected chi connectivity index (χ0v) is 6.62. The highest BCUT2D eigenvalue weighted by atomic mass is 16.5. The third-order valence-corrected chi connectivity index (χ3v) is 1.26. The molecule has 0 aliphatic heterocycles. The Morgan fingerprint density at radius 2 is 2.50 bits per heavy atom. The molecule has 0 fully saturated rings. The van der Waals surface area contributed by atoms with Crippen LogP contribution in [0.4, 0.5) is 0 Å². The number of aromatic nitrogens is 2. The lowest BCUT2D eigenvalue weighted by atomic mass is 10.5. The van der Waals surface area contributed by atoms with Crippen LogP contribution in [0.25, 0.3) is 0 Å². The average molecular weight is 169 g/mol. The minimum atomic E-state index is -0.374. The van der Waals surface area contributed by atoms with Gasteiger partial charge in [0.15, 0.2) is 5.75 Å². The van der Waals surface area contributed by atoms with Gasteiger partial charge in [0.1, 0.15) is 0 Å². The van der Waals surface area contributed by atoms with Gasteiger partial charge in [0.2, 0.25) is 0 Å². The molecule has 0 atom stereocenters. The predicted molar refractivity (Wildman–Crippen MR) is 44.0 cm³/mol. The Morgan fingerprint density at radius 3 is 3.08 bits per heavy atom. The molecule has 1 aromatic heterocycles. The monoisotopic (exact) mass is 169 g/mol. The molecule has 0 aromatic carbocycles. The molecule has 0 saturated heterocycles. The van der Waals surface area contributed by atoms with E-state index in [0.717, 1.165) is 6.42 Å². The average Bonchev–Trinajstić information content (AvgIpc) is 2.09. The molecule has 0 spiro atoms. The fourth-order valence-electron chi connectivity index (χ4n) is 0.682. The van der Waals surface area contributed by atoms with Crippen LogP contribution in [0.15, 0.2) is 17.2 Å². The maximum absolute atomic E-state index is 10.5. The molecule has 12 heavy (non-hydrogen) atoms. The molecule has 0 aliphatic rings. The summed E-state index contributed by atoms with van der Waals surface area (Å²) in [6.07, 6.45) is 3.65. The Balaban J connectivity index is 2.42. The predicted octanol–water partition coefficient (Wildman–Crippen LogP) is -0.502. The number of hydrogen-bond acceptors (Lipinski definition) is 4. The molecule has 66 valence electrons. The fraction of sp³-hybridized carbons (Fsp3) is 0.429. The standard InChI is InChI=1S/C7H11N3O2/c8-2-1-3-12-6-4-9-7(11)10-5-6/h4-5H,1-3,8H2,(H,9,10,11). The van der Waals surface area contributed by atoms with Crippen molar-refractivity contribution in [1.29, 1.82) is 0 Å². The van der Waals surface area contributed by atoms with Gasteiger partial charge in [0.05, 0.1) is 12.8 Å². The van der Waals surface area contributed by atoms with Crippen molar-refractivity contribution in [2.75, 3.05) is 13.2 Å². The van der Waals surface area contributed by atoms with Gasteiger partial charge in [-0.05, 0) is 13.0 Å². The highest BCUT2D eigenvalue weighted by Gasteiger charge is 1.92. The molecule has 3 N–H and O–H groups in total. The van der Waals surface area contributed by atoms with E-state index in [1.807, 2.05) is 0 Å². The molecule has 0 radical (unpaired) electrons. The van der Waals surface area contributed by atoms with Gasteiger partial charge in [-0.15, -0.1) is 0 Å². The number of nitrogens with two attached hydrogens (primary N) is 1. The molecule has 0 saturated carbocycles. The van der Waals surface area contributed by atoms with Gasteiger partial charge < -0.3 is 15.5 Å². The third kappa shape index (κ3) is 2.71. The van der Waals surface area contributed by atoms with Gasteiger partial charge in [-0.25, -0.2) is 4.79 Å². The summed E-state index contributed by atoms with van der Waals surface area (Å²) in [5.74, 6) is 0.558. The van der Waals surface area contributed by atoms with E-state index in [1.165, 1.54) is 12.4 Å². The molecule has 0 aliphatic carbocycles. The van der Waals surface area contributed by atoms with E-state index < -0.39 is 0 Å². The van der Waals surface area contributed by atoms with Crippen LogP contribution in [0.1, 0.15) is 6.42 Å². The van der Waals surface area contributed by atoms with Crippen LogP contribution in [-0.2, 0) is 0 Å². The van der Waals surface area contributed by atoms with E-state index in [4.69, 9.17) is 10.5 Å². The number of nitrogens with one attached hydrogen (secondary N) is 1. The smallest absolute Gasteiger partial charge is 0.345 e. The molecular formula is C7H11N3O2. The minimum absolute atomic E-state index is 0.374. The van der Waals surface area contributed by atoms with Crippen molar-refractivity contribution in [2.24, 2.45) is 5.73 Å². The van der Waals surface area contributed by atoms with Crippen LogP contribution in [0, 0.1) is 0 Å². The molecule has 5 nitrogen and oxygen atoms in total. The summed E-state index contributed by atoms with van der Waals surface area (Å²) in [5.41, 5.74) is 4.89. The topological polar surface area (TPSA) is 81.0 Å². The summed E-state index contributed by atoms with van der Waals surface area (Å²) in [6, 6.07) is 0.